The highest BCUT2D eigenvalue weighted by molar-refractivity contribution is 6.30. The summed E-state index contributed by atoms with van der Waals surface area (Å²) in [5.74, 6) is 5.75. The van der Waals surface area contributed by atoms with Gasteiger partial charge in [0.1, 0.15) is 12.2 Å². The summed E-state index contributed by atoms with van der Waals surface area (Å²) in [5.41, 5.74) is 0.691. The fourth-order valence-electron chi connectivity index (χ4n) is 1.05. The molecule has 0 saturated heterocycles. The highest BCUT2D eigenvalue weighted by Crippen LogP contribution is 2.22. The van der Waals surface area contributed by atoms with E-state index in [1.54, 1.807) is 18.2 Å². The van der Waals surface area contributed by atoms with E-state index in [1.807, 2.05) is 0 Å². The third-order valence-electron chi connectivity index (χ3n) is 1.85. The Bertz CT molecular complexity index is 443. The molecule has 0 aliphatic heterocycles. The van der Waals surface area contributed by atoms with Crippen LogP contribution >= 0.6 is 11.6 Å². The van der Waals surface area contributed by atoms with E-state index in [2.05, 4.69) is 16.6 Å². The molecular weight excluding hydrogens is 228 g/mol. The number of halogens is 1. The van der Waals surface area contributed by atoms with Gasteiger partial charge in [-0.3, -0.25) is 4.79 Å². The molecule has 1 aromatic rings. The Hall–Kier alpha value is -1.66. The maximum Gasteiger partial charge on any atom is 0.317 e. The minimum atomic E-state index is -0.361. The van der Waals surface area contributed by atoms with Gasteiger partial charge in [-0.2, -0.15) is 0 Å². The molecule has 0 saturated carbocycles. The molecule has 1 rings (SSSR count). The second kappa shape index (κ2) is 6.04. The predicted octanol–water partition coefficient (Wildman–Crippen LogP) is 2.26. The zero-order valence-electron chi connectivity index (χ0n) is 9.04. The van der Waals surface area contributed by atoms with E-state index in [9.17, 15) is 4.79 Å². The number of carbonyl (C=O) groups excluding carboxylic acids is 1. The van der Waals surface area contributed by atoms with Crippen molar-refractivity contribution < 1.29 is 14.3 Å². The molecule has 3 nitrogen and oxygen atoms in total. The van der Waals surface area contributed by atoms with Crippen molar-refractivity contribution in [3.05, 3.63) is 28.8 Å². The van der Waals surface area contributed by atoms with Crippen LogP contribution in [0.4, 0.5) is 0 Å². The molecule has 0 heterocycles. The summed E-state index contributed by atoms with van der Waals surface area (Å²) in [5, 5.41) is 0.579. The molecule has 4 heteroatoms. The Morgan fingerprint density at radius 1 is 1.44 bits per heavy atom. The van der Waals surface area contributed by atoms with Crippen LogP contribution in [-0.2, 0) is 9.53 Å². The summed E-state index contributed by atoms with van der Waals surface area (Å²) >= 11 is 5.80. The Balaban J connectivity index is 2.84. The van der Waals surface area contributed by atoms with Crippen molar-refractivity contribution in [3.63, 3.8) is 0 Å². The minimum absolute atomic E-state index is 0.0578. The van der Waals surface area contributed by atoms with Gasteiger partial charge in [-0.1, -0.05) is 23.4 Å². The van der Waals surface area contributed by atoms with E-state index in [1.165, 1.54) is 14.2 Å². The SMILES string of the molecule is COC(=O)CC#Cc1ccc(Cl)cc1OC. The van der Waals surface area contributed by atoms with Crippen LogP contribution in [0.15, 0.2) is 18.2 Å². The van der Waals surface area contributed by atoms with Crippen LogP contribution in [0.1, 0.15) is 12.0 Å². The number of hydrogen-bond donors (Lipinski definition) is 0. The normalized spacial score (nSPS) is 8.94. The number of carbonyl (C=O) groups is 1. The third kappa shape index (κ3) is 3.48. The number of ether oxygens (including phenoxy) is 2. The van der Waals surface area contributed by atoms with Gasteiger partial charge in [-0.15, -0.1) is 0 Å². The average molecular weight is 239 g/mol. The van der Waals surface area contributed by atoms with Crippen molar-refractivity contribution in [2.75, 3.05) is 14.2 Å². The Kier molecular flexibility index (Phi) is 4.68. The summed E-state index contributed by atoms with van der Waals surface area (Å²) in [6.07, 6.45) is 0.0578. The van der Waals surface area contributed by atoms with Gasteiger partial charge in [-0.05, 0) is 12.1 Å². The first-order valence-corrected chi connectivity index (χ1v) is 4.94. The summed E-state index contributed by atoms with van der Waals surface area (Å²) < 4.78 is 9.58. The van der Waals surface area contributed by atoms with Gasteiger partial charge < -0.3 is 9.47 Å². The number of benzene rings is 1. The first-order valence-electron chi connectivity index (χ1n) is 4.56. The standard InChI is InChI=1S/C12H11ClO3/c1-15-11-8-10(13)7-6-9(11)4-3-5-12(14)16-2/h6-8H,5H2,1-2H3. The lowest BCUT2D eigenvalue weighted by Gasteiger charge is -2.02. The van der Waals surface area contributed by atoms with E-state index in [4.69, 9.17) is 16.3 Å². The quantitative estimate of drug-likeness (QED) is 0.586. The lowest BCUT2D eigenvalue weighted by atomic mass is 10.2. The van der Waals surface area contributed by atoms with E-state index in [0.717, 1.165) is 0 Å². The number of hydrogen-bond acceptors (Lipinski definition) is 3. The largest absolute Gasteiger partial charge is 0.495 e. The van der Waals surface area contributed by atoms with Gasteiger partial charge in [0.25, 0.3) is 0 Å². The number of esters is 1. The molecule has 0 N–H and O–H groups in total. The molecule has 0 unspecified atom stereocenters. The molecule has 0 aliphatic rings. The van der Waals surface area contributed by atoms with Crippen molar-refractivity contribution in [3.8, 4) is 17.6 Å². The predicted molar refractivity (Wildman–Crippen MR) is 61.5 cm³/mol. The molecule has 16 heavy (non-hydrogen) atoms. The first kappa shape index (κ1) is 12.4. The number of rotatable bonds is 2. The van der Waals surface area contributed by atoms with Crippen molar-refractivity contribution in [2.45, 2.75) is 6.42 Å². The van der Waals surface area contributed by atoms with Gasteiger partial charge in [0, 0.05) is 11.1 Å². The van der Waals surface area contributed by atoms with Crippen LogP contribution in [0.5, 0.6) is 5.75 Å². The molecule has 0 aromatic heterocycles. The van der Waals surface area contributed by atoms with Gasteiger partial charge in [-0.25, -0.2) is 0 Å². The molecule has 0 spiro atoms. The summed E-state index contributed by atoms with van der Waals surface area (Å²) in [7, 11) is 2.87. The maximum atomic E-state index is 10.8. The van der Waals surface area contributed by atoms with Gasteiger partial charge in [0.2, 0.25) is 0 Å². The van der Waals surface area contributed by atoms with E-state index >= 15 is 0 Å². The summed E-state index contributed by atoms with van der Waals surface area (Å²) in [6.45, 7) is 0. The van der Waals surface area contributed by atoms with Gasteiger partial charge in [0.15, 0.2) is 0 Å². The van der Waals surface area contributed by atoms with Crippen LogP contribution in [0, 0.1) is 11.8 Å². The van der Waals surface area contributed by atoms with Crippen molar-refractivity contribution >= 4 is 17.6 Å². The molecule has 0 radical (unpaired) electrons. The fourth-order valence-corrected chi connectivity index (χ4v) is 1.21. The lowest BCUT2D eigenvalue weighted by Crippen LogP contribution is -1.97. The third-order valence-corrected chi connectivity index (χ3v) is 2.08. The van der Waals surface area contributed by atoms with Crippen LogP contribution in [0.3, 0.4) is 0 Å². The molecule has 0 bridgehead atoms. The topological polar surface area (TPSA) is 35.5 Å². The smallest absolute Gasteiger partial charge is 0.317 e. The molecule has 0 atom stereocenters. The van der Waals surface area contributed by atoms with Crippen LogP contribution < -0.4 is 4.74 Å². The molecule has 1 aromatic carbocycles. The molecular formula is C12H11ClO3. The summed E-state index contributed by atoms with van der Waals surface area (Å²) in [6, 6.07) is 5.13. The van der Waals surface area contributed by atoms with Crippen molar-refractivity contribution in [1.82, 2.24) is 0 Å². The molecule has 0 amide bonds. The maximum absolute atomic E-state index is 10.8. The van der Waals surface area contributed by atoms with E-state index in [0.29, 0.717) is 16.3 Å². The fraction of sp³-hybridized carbons (Fsp3) is 0.250. The zero-order chi connectivity index (χ0) is 12.0. The first-order chi connectivity index (χ1) is 7.67. The molecule has 0 aliphatic carbocycles. The minimum Gasteiger partial charge on any atom is -0.495 e. The number of methoxy groups -OCH3 is 2. The van der Waals surface area contributed by atoms with Crippen LogP contribution in [-0.4, -0.2) is 20.2 Å². The molecule has 84 valence electrons. The zero-order valence-corrected chi connectivity index (χ0v) is 9.80. The molecule has 0 fully saturated rings. The van der Waals surface area contributed by atoms with E-state index in [-0.39, 0.29) is 12.4 Å². The Labute approximate surface area is 99.3 Å². The lowest BCUT2D eigenvalue weighted by molar-refractivity contribution is -0.139. The second-order valence-corrected chi connectivity index (χ2v) is 3.34. The highest BCUT2D eigenvalue weighted by Gasteiger charge is 2.00. The Morgan fingerprint density at radius 3 is 2.81 bits per heavy atom. The van der Waals surface area contributed by atoms with Gasteiger partial charge in [0.05, 0.1) is 19.8 Å². The monoisotopic (exact) mass is 238 g/mol. The summed E-state index contributed by atoms with van der Waals surface area (Å²) in [4.78, 5) is 10.8. The average Bonchev–Trinajstić information content (AvgIpc) is 2.30. The van der Waals surface area contributed by atoms with Crippen LogP contribution in [0.2, 0.25) is 5.02 Å². The van der Waals surface area contributed by atoms with Gasteiger partial charge >= 0.3 is 5.97 Å². The van der Waals surface area contributed by atoms with Crippen molar-refractivity contribution in [1.29, 1.82) is 0 Å². The highest BCUT2D eigenvalue weighted by atomic mass is 35.5. The Morgan fingerprint density at radius 2 is 2.19 bits per heavy atom. The second-order valence-electron chi connectivity index (χ2n) is 2.90. The van der Waals surface area contributed by atoms with Crippen LogP contribution in [0.25, 0.3) is 0 Å². The van der Waals surface area contributed by atoms with Crippen molar-refractivity contribution in [2.24, 2.45) is 0 Å². The van der Waals surface area contributed by atoms with E-state index < -0.39 is 0 Å².